The third-order valence-corrected chi connectivity index (χ3v) is 6.08. The first kappa shape index (κ1) is 25.3. The normalized spacial score (nSPS) is 14.7. The number of hydrogen-bond acceptors (Lipinski definition) is 5. The van der Waals surface area contributed by atoms with Crippen LogP contribution in [0.3, 0.4) is 0 Å². The Morgan fingerprint density at radius 1 is 0.846 bits per heavy atom. The van der Waals surface area contributed by atoms with Crippen molar-refractivity contribution in [2.45, 2.75) is 115 Å². The summed E-state index contributed by atoms with van der Waals surface area (Å²) in [6.07, 6.45) is 15.2. The Morgan fingerprint density at radius 2 is 1.19 bits per heavy atom. The number of aliphatic hydroxyl groups is 1. The standard InChI is InChI=1S/C19H38NO5P/c1-2-3-4-5-6-7-8-9-10-11-12-13-14-15-16-17(21)19(20,18(22)23)26(24)25/h17,21H,2-16,20H2,1H3,(H,22,23). The monoisotopic (exact) mass is 391 g/mol. The van der Waals surface area contributed by atoms with Gasteiger partial charge in [-0.3, -0.25) is 0 Å². The number of carboxylic acid groups (broad SMARTS) is 1. The van der Waals surface area contributed by atoms with Crippen molar-refractivity contribution >= 4 is 13.6 Å². The molecule has 0 heterocycles. The van der Waals surface area contributed by atoms with Crippen molar-refractivity contribution in [2.24, 2.45) is 5.73 Å². The van der Waals surface area contributed by atoms with Gasteiger partial charge in [0.15, 0.2) is 0 Å². The highest BCUT2D eigenvalue weighted by Crippen LogP contribution is 2.30. The molecule has 0 spiro atoms. The summed E-state index contributed by atoms with van der Waals surface area (Å²) < 4.78 is 22.0. The summed E-state index contributed by atoms with van der Waals surface area (Å²) in [7, 11) is -3.44. The van der Waals surface area contributed by atoms with Gasteiger partial charge in [0, 0.05) is 0 Å². The average molecular weight is 391 g/mol. The van der Waals surface area contributed by atoms with Crippen molar-refractivity contribution in [3.8, 4) is 0 Å². The maximum absolute atomic E-state index is 11.0. The van der Waals surface area contributed by atoms with Gasteiger partial charge < -0.3 is 15.9 Å². The molecule has 154 valence electrons. The molecule has 0 radical (unpaired) electrons. The molecule has 2 unspecified atom stereocenters. The first-order valence-electron chi connectivity index (χ1n) is 10.2. The molecule has 7 heteroatoms. The molecular formula is C19H38NO5P. The number of carbonyl (C=O) groups is 1. The third-order valence-electron chi connectivity index (χ3n) is 4.98. The Hall–Kier alpha value is -0.710. The summed E-state index contributed by atoms with van der Waals surface area (Å²) in [6.45, 7) is 2.23. The van der Waals surface area contributed by atoms with E-state index in [9.17, 15) is 19.0 Å². The fourth-order valence-electron chi connectivity index (χ4n) is 3.09. The van der Waals surface area contributed by atoms with Crippen molar-refractivity contribution in [1.29, 1.82) is 0 Å². The summed E-state index contributed by atoms with van der Waals surface area (Å²) in [4.78, 5) is 11.0. The zero-order valence-electron chi connectivity index (χ0n) is 16.3. The minimum atomic E-state index is -3.44. The second-order valence-corrected chi connectivity index (χ2v) is 8.54. The van der Waals surface area contributed by atoms with E-state index in [4.69, 9.17) is 10.8 Å². The molecule has 0 aromatic heterocycles. The molecule has 0 aromatic rings. The lowest BCUT2D eigenvalue weighted by Crippen LogP contribution is -2.53. The van der Waals surface area contributed by atoms with Crippen LogP contribution in [0.25, 0.3) is 0 Å². The number of aliphatic hydroxyl groups excluding tert-OH is 1. The number of nitrogens with two attached hydrogens (primary N) is 1. The van der Waals surface area contributed by atoms with Crippen LogP contribution in [-0.2, 0) is 13.9 Å². The average Bonchev–Trinajstić information content (AvgIpc) is 2.60. The summed E-state index contributed by atoms with van der Waals surface area (Å²) in [5.74, 6) is -1.70. The molecule has 0 rings (SSSR count). The van der Waals surface area contributed by atoms with E-state index in [2.05, 4.69) is 6.92 Å². The number of unbranched alkanes of at least 4 members (excludes halogenated alkanes) is 13. The third kappa shape index (κ3) is 10.4. The lowest BCUT2D eigenvalue weighted by atomic mass is 10.0. The van der Waals surface area contributed by atoms with Crippen molar-refractivity contribution in [3.63, 3.8) is 0 Å². The number of carboxylic acids is 1. The molecule has 26 heavy (non-hydrogen) atoms. The second-order valence-electron chi connectivity index (χ2n) is 7.29. The van der Waals surface area contributed by atoms with Crippen molar-refractivity contribution in [2.75, 3.05) is 0 Å². The topological polar surface area (TPSA) is 118 Å². The lowest BCUT2D eigenvalue weighted by Gasteiger charge is -2.22. The van der Waals surface area contributed by atoms with Crippen molar-refractivity contribution in [3.05, 3.63) is 0 Å². The fraction of sp³-hybridized carbons (Fsp3) is 0.947. The second kappa shape index (κ2) is 15.4. The van der Waals surface area contributed by atoms with E-state index >= 15 is 0 Å². The summed E-state index contributed by atoms with van der Waals surface area (Å²) >= 11 is 0. The minimum Gasteiger partial charge on any atom is -0.479 e. The smallest absolute Gasteiger partial charge is 0.350 e. The van der Waals surface area contributed by atoms with Crippen LogP contribution in [0, 0.1) is 0 Å². The van der Waals surface area contributed by atoms with Crippen molar-refractivity contribution in [1.82, 2.24) is 0 Å². The van der Waals surface area contributed by atoms with Gasteiger partial charge in [-0.05, 0) is 6.42 Å². The maximum atomic E-state index is 11.0. The van der Waals surface area contributed by atoms with Gasteiger partial charge in [-0.1, -0.05) is 96.8 Å². The SMILES string of the molecule is CCCCCCCCCCCCCCCCC(O)C(N)(C(=O)O)P(=O)=O. The van der Waals surface area contributed by atoms with E-state index in [1.54, 1.807) is 0 Å². The van der Waals surface area contributed by atoms with Gasteiger partial charge in [-0.25, -0.2) is 13.9 Å². The minimum absolute atomic E-state index is 0.0874. The predicted molar refractivity (Wildman–Crippen MR) is 104 cm³/mol. The van der Waals surface area contributed by atoms with Crippen LogP contribution < -0.4 is 5.73 Å². The highest BCUT2D eigenvalue weighted by molar-refractivity contribution is 7.34. The van der Waals surface area contributed by atoms with Crippen LogP contribution in [0.5, 0.6) is 0 Å². The van der Waals surface area contributed by atoms with E-state index in [1.807, 2.05) is 0 Å². The van der Waals surface area contributed by atoms with Gasteiger partial charge in [0.2, 0.25) is 0 Å². The van der Waals surface area contributed by atoms with Gasteiger partial charge in [0.1, 0.15) is 0 Å². The van der Waals surface area contributed by atoms with E-state index in [0.717, 1.165) is 19.3 Å². The Kier molecular flexibility index (Phi) is 14.9. The molecule has 0 aliphatic rings. The van der Waals surface area contributed by atoms with Gasteiger partial charge in [0.05, 0.1) is 6.10 Å². The number of rotatable bonds is 18. The molecule has 0 bridgehead atoms. The lowest BCUT2D eigenvalue weighted by molar-refractivity contribution is -0.143. The molecule has 0 fully saturated rings. The molecule has 2 atom stereocenters. The number of aliphatic carboxylic acids is 1. The molecule has 6 nitrogen and oxygen atoms in total. The quantitative estimate of drug-likeness (QED) is 0.220. The van der Waals surface area contributed by atoms with Crippen LogP contribution in [0.4, 0.5) is 0 Å². The summed E-state index contributed by atoms with van der Waals surface area (Å²) in [6, 6.07) is 0. The van der Waals surface area contributed by atoms with Crippen molar-refractivity contribution < 1.29 is 24.1 Å². The van der Waals surface area contributed by atoms with E-state index < -0.39 is 25.0 Å². The maximum Gasteiger partial charge on any atom is 0.350 e. The summed E-state index contributed by atoms with van der Waals surface area (Å²) in [5.41, 5.74) is 5.34. The van der Waals surface area contributed by atoms with Crippen LogP contribution in [0.15, 0.2) is 0 Å². The van der Waals surface area contributed by atoms with Gasteiger partial charge >= 0.3 is 13.6 Å². The van der Waals surface area contributed by atoms with Gasteiger partial charge in [0.25, 0.3) is 5.28 Å². The molecule has 0 amide bonds. The Labute approximate surface area is 158 Å². The fourth-order valence-corrected chi connectivity index (χ4v) is 3.62. The molecule has 0 aromatic carbocycles. The Balaban J connectivity index is 3.55. The molecule has 0 saturated carbocycles. The highest BCUT2D eigenvalue weighted by atomic mass is 31.1. The van der Waals surface area contributed by atoms with E-state index in [-0.39, 0.29) is 6.42 Å². The van der Waals surface area contributed by atoms with E-state index in [1.165, 1.54) is 64.2 Å². The van der Waals surface area contributed by atoms with Crippen LogP contribution in [0.1, 0.15) is 103 Å². The van der Waals surface area contributed by atoms with E-state index in [0.29, 0.717) is 6.42 Å². The summed E-state index contributed by atoms with van der Waals surface area (Å²) in [5, 5.41) is 16.2. The zero-order valence-corrected chi connectivity index (χ0v) is 17.2. The number of hydrogen-bond donors (Lipinski definition) is 3. The largest absolute Gasteiger partial charge is 0.479 e. The Bertz CT molecular complexity index is 434. The van der Waals surface area contributed by atoms with Gasteiger partial charge in [-0.2, -0.15) is 0 Å². The predicted octanol–water partition coefficient (Wildman–Crippen LogP) is 5.13. The molecule has 4 N–H and O–H groups in total. The first-order chi connectivity index (χ1) is 12.4. The molecule has 0 aliphatic carbocycles. The first-order valence-corrected chi connectivity index (χ1v) is 11.4. The zero-order chi connectivity index (χ0) is 19.8. The van der Waals surface area contributed by atoms with Crippen LogP contribution in [-0.4, -0.2) is 27.6 Å². The Morgan fingerprint density at radius 3 is 1.50 bits per heavy atom. The highest BCUT2D eigenvalue weighted by Gasteiger charge is 2.47. The van der Waals surface area contributed by atoms with Crippen LogP contribution in [0.2, 0.25) is 0 Å². The molecular weight excluding hydrogens is 353 g/mol. The molecule has 0 saturated heterocycles. The molecule has 0 aliphatic heterocycles. The van der Waals surface area contributed by atoms with Crippen LogP contribution >= 0.6 is 7.68 Å². The van der Waals surface area contributed by atoms with Gasteiger partial charge in [-0.15, -0.1) is 0 Å².